The fourth-order valence-corrected chi connectivity index (χ4v) is 2.40. The predicted molar refractivity (Wildman–Crippen MR) is 68.4 cm³/mol. The van der Waals surface area contributed by atoms with E-state index in [0.717, 1.165) is 24.5 Å². The van der Waals surface area contributed by atoms with Crippen LogP contribution in [0.4, 0.5) is 5.69 Å². The summed E-state index contributed by atoms with van der Waals surface area (Å²) in [6, 6.07) is 7.94. The monoisotopic (exact) mass is 230 g/mol. The number of anilines is 1. The minimum Gasteiger partial charge on any atom is -0.495 e. The lowest BCUT2D eigenvalue weighted by atomic mass is 10.1. The van der Waals surface area contributed by atoms with Crippen molar-refractivity contribution in [3.63, 3.8) is 0 Å². The van der Waals surface area contributed by atoms with Crippen molar-refractivity contribution in [3.8, 4) is 11.8 Å². The third-order valence-corrected chi connectivity index (χ3v) is 3.26. The molecule has 1 fully saturated rings. The van der Waals surface area contributed by atoms with Crippen LogP contribution in [-0.4, -0.2) is 20.2 Å². The van der Waals surface area contributed by atoms with Crippen LogP contribution in [-0.2, 0) is 0 Å². The zero-order valence-electron chi connectivity index (χ0n) is 10.3. The molecule has 0 aliphatic carbocycles. The number of nitrogens with zero attached hydrogens (tertiary/aromatic N) is 2. The molecule has 1 aromatic rings. The Kier molecular flexibility index (Phi) is 3.87. The molecule has 0 amide bonds. The number of methoxy groups -OCH3 is 1. The molecule has 1 saturated heterocycles. The van der Waals surface area contributed by atoms with Gasteiger partial charge in [-0.3, -0.25) is 0 Å². The summed E-state index contributed by atoms with van der Waals surface area (Å²) in [4.78, 5) is 2.30. The molecule has 0 atom stereocenters. The molecule has 1 aliphatic rings. The normalized spacial score (nSPS) is 16.1. The van der Waals surface area contributed by atoms with Crippen molar-refractivity contribution in [3.05, 3.63) is 23.8 Å². The Morgan fingerprint density at radius 3 is 2.47 bits per heavy atom. The molecular weight excluding hydrogens is 212 g/mol. The SMILES string of the molecule is COc1cccc(C#N)c1N1CCCCCC1. The lowest BCUT2D eigenvalue weighted by molar-refractivity contribution is 0.414. The summed E-state index contributed by atoms with van der Waals surface area (Å²) >= 11 is 0. The summed E-state index contributed by atoms with van der Waals surface area (Å²) in [7, 11) is 1.66. The lowest BCUT2D eigenvalue weighted by Crippen LogP contribution is -2.25. The number of nitriles is 1. The second-order valence-electron chi connectivity index (χ2n) is 4.37. The molecule has 0 unspecified atom stereocenters. The number of hydrogen-bond acceptors (Lipinski definition) is 3. The van der Waals surface area contributed by atoms with E-state index in [9.17, 15) is 5.26 Å². The molecule has 90 valence electrons. The molecular formula is C14H18N2O. The van der Waals surface area contributed by atoms with Crippen molar-refractivity contribution in [1.82, 2.24) is 0 Å². The second-order valence-corrected chi connectivity index (χ2v) is 4.37. The van der Waals surface area contributed by atoms with E-state index in [-0.39, 0.29) is 0 Å². The first-order valence-electron chi connectivity index (χ1n) is 6.19. The number of benzene rings is 1. The summed E-state index contributed by atoms with van der Waals surface area (Å²) in [6.45, 7) is 2.05. The van der Waals surface area contributed by atoms with Crippen molar-refractivity contribution >= 4 is 5.69 Å². The largest absolute Gasteiger partial charge is 0.495 e. The van der Waals surface area contributed by atoms with Gasteiger partial charge in [0, 0.05) is 13.1 Å². The molecule has 17 heavy (non-hydrogen) atoms. The first-order chi connectivity index (χ1) is 8.36. The number of rotatable bonds is 2. The minimum atomic E-state index is 0.714. The number of para-hydroxylation sites is 1. The highest BCUT2D eigenvalue weighted by molar-refractivity contribution is 5.68. The van der Waals surface area contributed by atoms with Gasteiger partial charge in [0.1, 0.15) is 11.8 Å². The van der Waals surface area contributed by atoms with Gasteiger partial charge in [-0.25, -0.2) is 0 Å². The Bertz CT molecular complexity index is 415. The Labute approximate surface area is 103 Å². The minimum absolute atomic E-state index is 0.714. The van der Waals surface area contributed by atoms with Gasteiger partial charge in [-0.2, -0.15) is 5.26 Å². The van der Waals surface area contributed by atoms with Gasteiger partial charge in [-0.05, 0) is 25.0 Å². The van der Waals surface area contributed by atoms with E-state index in [2.05, 4.69) is 11.0 Å². The first-order valence-corrected chi connectivity index (χ1v) is 6.19. The second kappa shape index (κ2) is 5.58. The highest BCUT2D eigenvalue weighted by Gasteiger charge is 2.17. The third kappa shape index (κ3) is 2.52. The van der Waals surface area contributed by atoms with Crippen molar-refractivity contribution < 1.29 is 4.74 Å². The van der Waals surface area contributed by atoms with Crippen LogP contribution < -0.4 is 9.64 Å². The van der Waals surface area contributed by atoms with Crippen molar-refractivity contribution in [2.75, 3.05) is 25.1 Å². The average molecular weight is 230 g/mol. The summed E-state index contributed by atoms with van der Waals surface area (Å²) in [5.41, 5.74) is 1.69. The van der Waals surface area contributed by atoms with E-state index in [1.165, 1.54) is 25.7 Å². The van der Waals surface area contributed by atoms with E-state index >= 15 is 0 Å². The van der Waals surface area contributed by atoms with Crippen molar-refractivity contribution in [2.24, 2.45) is 0 Å². The van der Waals surface area contributed by atoms with Gasteiger partial charge in [0.15, 0.2) is 0 Å². The van der Waals surface area contributed by atoms with E-state index in [1.807, 2.05) is 18.2 Å². The van der Waals surface area contributed by atoms with E-state index in [4.69, 9.17) is 4.74 Å². The Hall–Kier alpha value is -1.69. The van der Waals surface area contributed by atoms with Gasteiger partial charge in [0.25, 0.3) is 0 Å². The summed E-state index contributed by atoms with van der Waals surface area (Å²) in [5.74, 6) is 0.811. The van der Waals surface area contributed by atoms with Crippen LogP contribution in [0.1, 0.15) is 31.2 Å². The van der Waals surface area contributed by atoms with Gasteiger partial charge in [0.2, 0.25) is 0 Å². The van der Waals surface area contributed by atoms with Crippen LogP contribution in [0.5, 0.6) is 5.75 Å². The molecule has 3 heteroatoms. The van der Waals surface area contributed by atoms with Gasteiger partial charge < -0.3 is 9.64 Å². The summed E-state index contributed by atoms with van der Waals surface area (Å²) < 4.78 is 5.39. The van der Waals surface area contributed by atoms with E-state index < -0.39 is 0 Å². The first kappa shape index (κ1) is 11.8. The highest BCUT2D eigenvalue weighted by atomic mass is 16.5. The zero-order valence-corrected chi connectivity index (χ0v) is 10.3. The maximum Gasteiger partial charge on any atom is 0.143 e. The average Bonchev–Trinajstić information content (AvgIpc) is 2.66. The van der Waals surface area contributed by atoms with Crippen LogP contribution in [0, 0.1) is 11.3 Å². The lowest BCUT2D eigenvalue weighted by Gasteiger charge is -2.25. The summed E-state index contributed by atoms with van der Waals surface area (Å²) in [5, 5.41) is 9.21. The van der Waals surface area contributed by atoms with Gasteiger partial charge in [-0.15, -0.1) is 0 Å². The molecule has 0 aromatic heterocycles. The Morgan fingerprint density at radius 1 is 1.18 bits per heavy atom. The van der Waals surface area contributed by atoms with Crippen LogP contribution in [0.3, 0.4) is 0 Å². The molecule has 0 radical (unpaired) electrons. The molecule has 0 spiro atoms. The molecule has 0 saturated carbocycles. The molecule has 0 N–H and O–H groups in total. The van der Waals surface area contributed by atoms with Crippen molar-refractivity contribution in [2.45, 2.75) is 25.7 Å². The Balaban J connectivity index is 2.37. The molecule has 1 aliphatic heterocycles. The van der Waals surface area contributed by atoms with Gasteiger partial charge >= 0.3 is 0 Å². The molecule has 1 heterocycles. The van der Waals surface area contributed by atoms with Crippen LogP contribution >= 0.6 is 0 Å². The summed E-state index contributed by atoms with van der Waals surface area (Å²) in [6.07, 6.45) is 4.97. The van der Waals surface area contributed by atoms with Crippen molar-refractivity contribution in [1.29, 1.82) is 5.26 Å². The Morgan fingerprint density at radius 2 is 1.88 bits per heavy atom. The molecule has 3 nitrogen and oxygen atoms in total. The molecule has 2 rings (SSSR count). The topological polar surface area (TPSA) is 36.3 Å². The highest BCUT2D eigenvalue weighted by Crippen LogP contribution is 2.33. The standard InChI is InChI=1S/C14H18N2O/c1-17-13-8-6-7-12(11-15)14(13)16-9-4-2-3-5-10-16/h6-8H,2-5,9-10H2,1H3. The molecule has 0 bridgehead atoms. The van der Waals surface area contributed by atoms with E-state index in [0.29, 0.717) is 5.56 Å². The fourth-order valence-electron chi connectivity index (χ4n) is 2.40. The maximum atomic E-state index is 9.21. The number of ether oxygens (including phenoxy) is 1. The predicted octanol–water partition coefficient (Wildman–Crippen LogP) is 2.95. The van der Waals surface area contributed by atoms with E-state index in [1.54, 1.807) is 7.11 Å². The van der Waals surface area contributed by atoms with Crippen LogP contribution in [0.15, 0.2) is 18.2 Å². The fraction of sp³-hybridized carbons (Fsp3) is 0.500. The quantitative estimate of drug-likeness (QED) is 0.783. The zero-order chi connectivity index (χ0) is 12.1. The smallest absolute Gasteiger partial charge is 0.143 e. The van der Waals surface area contributed by atoms with Crippen LogP contribution in [0.25, 0.3) is 0 Å². The van der Waals surface area contributed by atoms with Gasteiger partial charge in [-0.1, -0.05) is 18.9 Å². The van der Waals surface area contributed by atoms with Crippen LogP contribution in [0.2, 0.25) is 0 Å². The molecule has 1 aromatic carbocycles. The van der Waals surface area contributed by atoms with Gasteiger partial charge in [0.05, 0.1) is 18.4 Å². The third-order valence-electron chi connectivity index (χ3n) is 3.26. The maximum absolute atomic E-state index is 9.21. The number of hydrogen-bond donors (Lipinski definition) is 0.